The molecule has 5 nitrogen and oxygen atoms in total. The summed E-state index contributed by atoms with van der Waals surface area (Å²) in [6.45, 7) is 1.07. The maximum atomic E-state index is 10.2. The summed E-state index contributed by atoms with van der Waals surface area (Å²) in [6.07, 6.45) is 3.96. The second-order valence-corrected chi connectivity index (χ2v) is 5.40. The lowest BCUT2D eigenvalue weighted by molar-refractivity contribution is 0.0470. The van der Waals surface area contributed by atoms with Crippen molar-refractivity contribution < 1.29 is 9.52 Å². The first-order chi connectivity index (χ1) is 9.75. The number of aromatic nitrogens is 2. The fourth-order valence-corrected chi connectivity index (χ4v) is 2.63. The molecule has 1 aliphatic carbocycles. The lowest BCUT2D eigenvalue weighted by atomic mass is 10.0. The monoisotopic (exact) mass is 273 g/mol. The van der Waals surface area contributed by atoms with Gasteiger partial charge < -0.3 is 14.8 Å². The molecule has 5 heteroatoms. The fourth-order valence-electron chi connectivity index (χ4n) is 2.63. The van der Waals surface area contributed by atoms with Gasteiger partial charge in [-0.05, 0) is 25.0 Å². The van der Waals surface area contributed by atoms with Crippen LogP contribution in [0.15, 0.2) is 34.7 Å². The highest BCUT2D eigenvalue weighted by atomic mass is 16.4. The number of nitrogens with one attached hydrogen (secondary N) is 1. The van der Waals surface area contributed by atoms with Gasteiger partial charge in [0.15, 0.2) is 0 Å². The van der Waals surface area contributed by atoms with Crippen LogP contribution in [0.3, 0.4) is 0 Å². The van der Waals surface area contributed by atoms with Crippen LogP contribution >= 0.6 is 0 Å². The van der Waals surface area contributed by atoms with Gasteiger partial charge in [0.2, 0.25) is 11.8 Å². The maximum absolute atomic E-state index is 10.2. The molecule has 1 aromatic heterocycles. The molecule has 1 saturated carbocycles. The molecular formula is C15H19N3O2. The largest absolute Gasteiger partial charge is 0.419 e. The van der Waals surface area contributed by atoms with E-state index in [1.54, 1.807) is 0 Å². The molecule has 1 fully saturated rings. The topological polar surface area (TPSA) is 71.2 Å². The lowest BCUT2D eigenvalue weighted by Gasteiger charge is -2.21. The zero-order valence-corrected chi connectivity index (χ0v) is 11.4. The van der Waals surface area contributed by atoms with Crippen LogP contribution in [0, 0.1) is 0 Å². The van der Waals surface area contributed by atoms with Crippen LogP contribution in [0.2, 0.25) is 0 Å². The highest BCUT2D eigenvalue weighted by Crippen LogP contribution is 2.28. The van der Waals surface area contributed by atoms with Crippen molar-refractivity contribution in [1.82, 2.24) is 15.5 Å². The number of rotatable bonds is 5. The minimum Gasteiger partial charge on any atom is -0.419 e. The van der Waals surface area contributed by atoms with Gasteiger partial charge in [0, 0.05) is 12.1 Å². The van der Waals surface area contributed by atoms with E-state index in [1.165, 1.54) is 0 Å². The molecular weight excluding hydrogens is 254 g/mol. The van der Waals surface area contributed by atoms with Crippen molar-refractivity contribution in [3.05, 3.63) is 36.2 Å². The van der Waals surface area contributed by atoms with Crippen LogP contribution in [0.25, 0.3) is 11.5 Å². The van der Waals surface area contributed by atoms with E-state index in [-0.39, 0.29) is 0 Å². The van der Waals surface area contributed by atoms with Crippen molar-refractivity contribution in [2.45, 2.75) is 37.8 Å². The van der Waals surface area contributed by atoms with E-state index in [9.17, 15) is 5.11 Å². The van der Waals surface area contributed by atoms with Crippen LogP contribution in [0.5, 0.6) is 0 Å². The highest BCUT2D eigenvalue weighted by Gasteiger charge is 2.30. The van der Waals surface area contributed by atoms with E-state index in [2.05, 4.69) is 15.5 Å². The molecule has 0 atom stereocenters. The minimum atomic E-state index is -0.553. The third-order valence-electron chi connectivity index (χ3n) is 3.75. The molecule has 1 heterocycles. The number of nitrogens with zero attached hydrogens (tertiary/aromatic N) is 2. The molecule has 3 rings (SSSR count). The van der Waals surface area contributed by atoms with E-state index in [4.69, 9.17) is 4.42 Å². The Morgan fingerprint density at radius 3 is 2.65 bits per heavy atom. The summed E-state index contributed by atoms with van der Waals surface area (Å²) < 4.78 is 5.60. The van der Waals surface area contributed by atoms with Crippen LogP contribution in [-0.4, -0.2) is 27.4 Å². The summed E-state index contributed by atoms with van der Waals surface area (Å²) in [5.74, 6) is 1.08. The third kappa shape index (κ3) is 3.05. The van der Waals surface area contributed by atoms with Crippen LogP contribution in [0.1, 0.15) is 31.6 Å². The first-order valence-corrected chi connectivity index (χ1v) is 7.06. The Labute approximate surface area is 118 Å². The molecule has 106 valence electrons. The molecule has 0 bridgehead atoms. The maximum Gasteiger partial charge on any atom is 0.247 e. The summed E-state index contributed by atoms with van der Waals surface area (Å²) >= 11 is 0. The van der Waals surface area contributed by atoms with Gasteiger partial charge in [0.25, 0.3) is 0 Å². The third-order valence-corrected chi connectivity index (χ3v) is 3.75. The van der Waals surface area contributed by atoms with Gasteiger partial charge >= 0.3 is 0 Å². The zero-order chi connectivity index (χ0) is 13.8. The van der Waals surface area contributed by atoms with Crippen molar-refractivity contribution in [3.63, 3.8) is 0 Å². The number of hydrogen-bond acceptors (Lipinski definition) is 5. The molecule has 0 amide bonds. The Morgan fingerprint density at radius 2 is 1.90 bits per heavy atom. The van der Waals surface area contributed by atoms with E-state index >= 15 is 0 Å². The van der Waals surface area contributed by atoms with E-state index in [0.29, 0.717) is 24.9 Å². The van der Waals surface area contributed by atoms with Crippen molar-refractivity contribution >= 4 is 0 Å². The summed E-state index contributed by atoms with van der Waals surface area (Å²) in [7, 11) is 0. The minimum absolute atomic E-state index is 0.488. The Hall–Kier alpha value is -1.72. The molecule has 1 aromatic carbocycles. The van der Waals surface area contributed by atoms with E-state index in [1.807, 2.05) is 30.3 Å². The molecule has 0 saturated heterocycles. The van der Waals surface area contributed by atoms with E-state index in [0.717, 1.165) is 31.2 Å². The fraction of sp³-hybridized carbons (Fsp3) is 0.467. The summed E-state index contributed by atoms with van der Waals surface area (Å²) in [5, 5.41) is 21.5. The number of hydrogen-bond donors (Lipinski definition) is 2. The predicted octanol–water partition coefficient (Wildman–Crippen LogP) is 2.13. The van der Waals surface area contributed by atoms with Gasteiger partial charge in [-0.2, -0.15) is 0 Å². The van der Waals surface area contributed by atoms with Gasteiger partial charge in [-0.15, -0.1) is 10.2 Å². The van der Waals surface area contributed by atoms with Gasteiger partial charge in [-0.25, -0.2) is 0 Å². The second kappa shape index (κ2) is 5.73. The van der Waals surface area contributed by atoms with Crippen LogP contribution in [-0.2, 0) is 6.54 Å². The summed E-state index contributed by atoms with van der Waals surface area (Å²) in [5.41, 5.74) is 0.364. The Bertz CT molecular complexity index is 547. The molecule has 0 unspecified atom stereocenters. The smallest absolute Gasteiger partial charge is 0.247 e. The molecule has 0 spiro atoms. The Morgan fingerprint density at radius 1 is 1.15 bits per heavy atom. The molecule has 20 heavy (non-hydrogen) atoms. The summed E-state index contributed by atoms with van der Waals surface area (Å²) in [4.78, 5) is 0. The van der Waals surface area contributed by atoms with Gasteiger partial charge in [0.05, 0.1) is 12.1 Å². The van der Waals surface area contributed by atoms with Crippen molar-refractivity contribution in [2.75, 3.05) is 6.54 Å². The zero-order valence-electron chi connectivity index (χ0n) is 11.4. The molecule has 2 aromatic rings. The van der Waals surface area contributed by atoms with Gasteiger partial charge in [0.1, 0.15) is 0 Å². The van der Waals surface area contributed by atoms with Gasteiger partial charge in [-0.3, -0.25) is 0 Å². The first-order valence-electron chi connectivity index (χ1n) is 7.06. The number of aliphatic hydroxyl groups is 1. The molecule has 1 aliphatic rings. The average molecular weight is 273 g/mol. The summed E-state index contributed by atoms with van der Waals surface area (Å²) in [6, 6.07) is 9.70. The standard InChI is InChI=1S/C15H19N3O2/c19-15(8-4-5-9-15)11-16-10-13-17-18-14(20-13)12-6-2-1-3-7-12/h1-3,6-7,16,19H,4-5,8-11H2. The normalized spacial score (nSPS) is 17.4. The molecule has 0 radical (unpaired) electrons. The number of benzene rings is 1. The average Bonchev–Trinajstić information content (AvgIpc) is 3.10. The Balaban J connectivity index is 1.55. The van der Waals surface area contributed by atoms with Crippen LogP contribution < -0.4 is 5.32 Å². The lowest BCUT2D eigenvalue weighted by Crippen LogP contribution is -2.37. The highest BCUT2D eigenvalue weighted by molar-refractivity contribution is 5.51. The Kier molecular flexibility index (Phi) is 3.80. The quantitative estimate of drug-likeness (QED) is 0.873. The van der Waals surface area contributed by atoms with E-state index < -0.39 is 5.60 Å². The van der Waals surface area contributed by atoms with Crippen LogP contribution in [0.4, 0.5) is 0 Å². The predicted molar refractivity (Wildman–Crippen MR) is 74.9 cm³/mol. The first kappa shape index (κ1) is 13.3. The molecule has 2 N–H and O–H groups in total. The van der Waals surface area contributed by atoms with Crippen molar-refractivity contribution in [1.29, 1.82) is 0 Å². The molecule has 0 aliphatic heterocycles. The SMILES string of the molecule is OC1(CNCc2nnc(-c3ccccc3)o2)CCCC1. The van der Waals surface area contributed by atoms with Crippen molar-refractivity contribution in [3.8, 4) is 11.5 Å². The van der Waals surface area contributed by atoms with Gasteiger partial charge in [-0.1, -0.05) is 31.0 Å². The second-order valence-electron chi connectivity index (χ2n) is 5.40. The van der Waals surface area contributed by atoms with Crippen molar-refractivity contribution in [2.24, 2.45) is 0 Å².